The summed E-state index contributed by atoms with van der Waals surface area (Å²) in [5, 5.41) is 0. The van der Waals surface area contributed by atoms with Crippen molar-refractivity contribution in [2.45, 2.75) is 63.2 Å². The van der Waals surface area contributed by atoms with Crippen LogP contribution < -0.4 is 4.74 Å². The van der Waals surface area contributed by atoms with Gasteiger partial charge in [-0.1, -0.05) is 31.4 Å². The van der Waals surface area contributed by atoms with Crippen LogP contribution in [0.3, 0.4) is 0 Å². The van der Waals surface area contributed by atoms with Crippen LogP contribution in [0.2, 0.25) is 0 Å². The Morgan fingerprint density at radius 2 is 1.79 bits per heavy atom. The van der Waals surface area contributed by atoms with Gasteiger partial charge in [-0.3, -0.25) is 9.69 Å². The molecule has 0 unspecified atom stereocenters. The molecule has 28 heavy (non-hydrogen) atoms. The highest BCUT2D eigenvalue weighted by Gasteiger charge is 2.44. The molecule has 0 N–H and O–H groups in total. The van der Waals surface area contributed by atoms with Gasteiger partial charge in [0.1, 0.15) is 12.4 Å². The van der Waals surface area contributed by atoms with Gasteiger partial charge in [-0.15, -0.1) is 13.2 Å². The van der Waals surface area contributed by atoms with Crippen molar-refractivity contribution in [3.8, 4) is 5.75 Å². The lowest BCUT2D eigenvalue weighted by atomic mass is 9.94. The van der Waals surface area contributed by atoms with Gasteiger partial charge < -0.3 is 14.4 Å². The van der Waals surface area contributed by atoms with Crippen LogP contribution in [0.15, 0.2) is 24.3 Å². The summed E-state index contributed by atoms with van der Waals surface area (Å²) < 4.78 is 46.6. The van der Waals surface area contributed by atoms with Crippen molar-refractivity contribution in [2.75, 3.05) is 19.7 Å². The van der Waals surface area contributed by atoms with E-state index in [0.717, 1.165) is 18.7 Å². The molecule has 1 aromatic carbocycles. The second-order valence-corrected chi connectivity index (χ2v) is 7.88. The number of halogens is 3. The normalized spacial score (nSPS) is 27.1. The zero-order valence-electron chi connectivity index (χ0n) is 15.7. The standard InChI is InChI=1S/C20H25F3N2O3/c21-20(22,23)28-16-8-6-14(7-9-16)10-25-17-11-24(15-4-2-1-3-5-15)12-18(17)27-13-19(25)26/h6-9,15,17-18H,1-5,10-13H2/t17-,18+/m1/s1. The van der Waals surface area contributed by atoms with Gasteiger partial charge in [0, 0.05) is 25.7 Å². The number of benzene rings is 1. The van der Waals surface area contributed by atoms with E-state index in [9.17, 15) is 18.0 Å². The lowest BCUT2D eigenvalue weighted by molar-refractivity contribution is -0.274. The summed E-state index contributed by atoms with van der Waals surface area (Å²) in [5.41, 5.74) is 0.777. The third kappa shape index (κ3) is 4.43. The Morgan fingerprint density at radius 1 is 1.07 bits per heavy atom. The number of rotatable bonds is 4. The molecule has 2 atom stereocenters. The molecule has 5 nitrogen and oxygen atoms in total. The lowest BCUT2D eigenvalue weighted by Crippen LogP contribution is -2.53. The maximum Gasteiger partial charge on any atom is 0.573 e. The zero-order chi connectivity index (χ0) is 19.7. The molecular formula is C20H25F3N2O3. The Morgan fingerprint density at radius 3 is 2.46 bits per heavy atom. The molecule has 0 bridgehead atoms. The molecule has 4 rings (SSSR count). The van der Waals surface area contributed by atoms with Gasteiger partial charge in [-0.25, -0.2) is 0 Å². The Kier molecular flexibility index (Phi) is 5.51. The van der Waals surface area contributed by atoms with Gasteiger partial charge in [0.25, 0.3) is 0 Å². The Bertz CT molecular complexity index is 689. The molecule has 154 valence electrons. The Balaban J connectivity index is 1.42. The number of carbonyl (C=O) groups excluding carboxylic acids is 1. The third-order valence-corrected chi connectivity index (χ3v) is 6.01. The predicted octanol–water partition coefficient (Wildman–Crippen LogP) is 3.33. The SMILES string of the molecule is O=C1CO[C@H]2CN(C3CCCCC3)C[C@H]2N1Cc1ccc(OC(F)(F)F)cc1. The van der Waals surface area contributed by atoms with E-state index in [1.54, 1.807) is 12.1 Å². The van der Waals surface area contributed by atoms with E-state index in [2.05, 4.69) is 9.64 Å². The van der Waals surface area contributed by atoms with E-state index in [1.807, 2.05) is 4.90 Å². The van der Waals surface area contributed by atoms with Gasteiger partial charge in [0.05, 0.1) is 12.1 Å². The van der Waals surface area contributed by atoms with Crippen LogP contribution in [0.4, 0.5) is 13.2 Å². The first-order chi connectivity index (χ1) is 13.4. The molecule has 1 aliphatic carbocycles. The molecule has 3 aliphatic rings. The molecule has 3 fully saturated rings. The van der Waals surface area contributed by atoms with Gasteiger partial charge in [-0.2, -0.15) is 0 Å². The van der Waals surface area contributed by atoms with E-state index in [1.165, 1.54) is 44.2 Å². The molecular weight excluding hydrogens is 373 g/mol. The summed E-state index contributed by atoms with van der Waals surface area (Å²) in [6, 6.07) is 6.29. The Labute approximate surface area is 162 Å². The summed E-state index contributed by atoms with van der Waals surface area (Å²) in [6.45, 7) is 2.08. The zero-order valence-corrected chi connectivity index (χ0v) is 15.7. The minimum atomic E-state index is -4.71. The number of ether oxygens (including phenoxy) is 2. The van der Waals surface area contributed by atoms with Crippen molar-refractivity contribution in [3.05, 3.63) is 29.8 Å². The van der Waals surface area contributed by atoms with Crippen LogP contribution in [0.5, 0.6) is 5.75 Å². The molecule has 1 saturated carbocycles. The fourth-order valence-corrected chi connectivity index (χ4v) is 4.64. The number of nitrogens with zero attached hydrogens (tertiary/aromatic N) is 2. The smallest absolute Gasteiger partial charge is 0.406 e. The first-order valence-electron chi connectivity index (χ1n) is 9.89. The maximum absolute atomic E-state index is 12.5. The van der Waals surface area contributed by atoms with Gasteiger partial charge in [0.2, 0.25) is 5.91 Å². The fourth-order valence-electron chi connectivity index (χ4n) is 4.64. The number of amides is 1. The monoisotopic (exact) mass is 398 g/mol. The van der Waals surface area contributed by atoms with Crippen LogP contribution >= 0.6 is 0 Å². The molecule has 0 radical (unpaired) electrons. The van der Waals surface area contributed by atoms with Crippen LogP contribution in [-0.2, 0) is 16.1 Å². The van der Waals surface area contributed by atoms with E-state index < -0.39 is 6.36 Å². The topological polar surface area (TPSA) is 42.0 Å². The molecule has 1 aromatic rings. The van der Waals surface area contributed by atoms with Gasteiger partial charge in [-0.05, 0) is 30.5 Å². The average molecular weight is 398 g/mol. The number of hydrogen-bond acceptors (Lipinski definition) is 4. The lowest BCUT2D eigenvalue weighted by Gasteiger charge is -2.37. The third-order valence-electron chi connectivity index (χ3n) is 6.01. The first-order valence-corrected chi connectivity index (χ1v) is 9.89. The molecule has 0 spiro atoms. The van der Waals surface area contributed by atoms with Crippen molar-refractivity contribution in [3.63, 3.8) is 0 Å². The number of hydrogen-bond donors (Lipinski definition) is 0. The summed E-state index contributed by atoms with van der Waals surface area (Å²) in [7, 11) is 0. The number of alkyl halides is 3. The predicted molar refractivity (Wildman–Crippen MR) is 95.6 cm³/mol. The minimum Gasteiger partial charge on any atom is -0.406 e. The van der Waals surface area contributed by atoms with Crippen LogP contribution in [0.25, 0.3) is 0 Å². The fraction of sp³-hybridized carbons (Fsp3) is 0.650. The second kappa shape index (κ2) is 7.91. The van der Waals surface area contributed by atoms with Crippen LogP contribution in [0, 0.1) is 0 Å². The summed E-state index contributed by atoms with van der Waals surface area (Å²) in [6.07, 6.45) is 1.52. The van der Waals surface area contributed by atoms with E-state index >= 15 is 0 Å². The van der Waals surface area contributed by atoms with Gasteiger partial charge >= 0.3 is 6.36 Å². The Hall–Kier alpha value is -1.80. The summed E-state index contributed by atoms with van der Waals surface area (Å²) in [4.78, 5) is 16.8. The number of carbonyl (C=O) groups is 1. The van der Waals surface area contributed by atoms with Crippen molar-refractivity contribution in [1.82, 2.24) is 9.80 Å². The average Bonchev–Trinajstić information content (AvgIpc) is 3.10. The molecule has 2 aliphatic heterocycles. The largest absolute Gasteiger partial charge is 0.573 e. The van der Waals surface area contributed by atoms with E-state index in [4.69, 9.17) is 4.74 Å². The van der Waals surface area contributed by atoms with Crippen LogP contribution in [0.1, 0.15) is 37.7 Å². The second-order valence-electron chi connectivity index (χ2n) is 7.88. The van der Waals surface area contributed by atoms with Gasteiger partial charge in [0.15, 0.2) is 0 Å². The summed E-state index contributed by atoms with van der Waals surface area (Å²) in [5.74, 6) is -0.325. The quantitative estimate of drug-likeness (QED) is 0.780. The van der Waals surface area contributed by atoms with Crippen molar-refractivity contribution in [1.29, 1.82) is 0 Å². The highest BCUT2D eigenvalue weighted by Crippen LogP contribution is 2.31. The van der Waals surface area contributed by atoms with Crippen molar-refractivity contribution >= 4 is 5.91 Å². The number of morpholine rings is 1. The maximum atomic E-state index is 12.5. The highest BCUT2D eigenvalue weighted by molar-refractivity contribution is 5.78. The summed E-state index contributed by atoms with van der Waals surface area (Å²) >= 11 is 0. The molecule has 2 saturated heterocycles. The van der Waals surface area contributed by atoms with Crippen molar-refractivity contribution in [2.24, 2.45) is 0 Å². The van der Waals surface area contributed by atoms with Crippen molar-refractivity contribution < 1.29 is 27.4 Å². The highest BCUT2D eigenvalue weighted by atomic mass is 19.4. The number of likely N-dealkylation sites (tertiary alicyclic amines) is 1. The molecule has 1 amide bonds. The molecule has 0 aromatic heterocycles. The minimum absolute atomic E-state index is 0.00530. The first kappa shape index (κ1) is 19.5. The molecule has 2 heterocycles. The van der Waals surface area contributed by atoms with Crippen LogP contribution in [-0.4, -0.2) is 60.0 Å². The van der Waals surface area contributed by atoms with E-state index in [-0.39, 0.29) is 30.4 Å². The van der Waals surface area contributed by atoms with E-state index in [0.29, 0.717) is 12.6 Å². The number of fused-ring (bicyclic) bond motifs is 1. The molecule has 8 heteroatoms.